The van der Waals surface area contributed by atoms with Crippen molar-refractivity contribution >= 4 is 40.6 Å². The Hall–Kier alpha value is -5.29. The van der Waals surface area contributed by atoms with Gasteiger partial charge in [-0.1, -0.05) is 66.4 Å². The van der Waals surface area contributed by atoms with E-state index in [0.29, 0.717) is 39.0 Å². The Morgan fingerprint density at radius 3 is 2.29 bits per heavy atom. The Morgan fingerprint density at radius 1 is 0.878 bits per heavy atom. The number of rotatable bonds is 9. The molecule has 5 rings (SSSR count). The number of hydrogen-bond acceptors (Lipinski definition) is 7. The van der Waals surface area contributed by atoms with E-state index in [0.717, 1.165) is 5.69 Å². The number of nitro benzene ring substituents is 1. The molecule has 4 aromatic carbocycles. The first-order chi connectivity index (χ1) is 19.9. The number of aromatic nitrogens is 3. The smallest absolute Gasteiger partial charge is 0.274 e. The van der Waals surface area contributed by atoms with Crippen molar-refractivity contribution < 1.29 is 14.5 Å². The van der Waals surface area contributed by atoms with Crippen LogP contribution in [0, 0.1) is 17.0 Å². The number of para-hydroxylation sites is 2. The highest BCUT2D eigenvalue weighted by atomic mass is 32.2. The van der Waals surface area contributed by atoms with Crippen LogP contribution in [0.15, 0.2) is 108 Å². The predicted octanol–water partition coefficient (Wildman–Crippen LogP) is 6.13. The molecular weight excluding hydrogens is 540 g/mol. The number of carbonyl (C=O) groups is 2. The second-order valence-electron chi connectivity index (χ2n) is 8.94. The molecule has 0 saturated carbocycles. The van der Waals surface area contributed by atoms with Gasteiger partial charge < -0.3 is 10.6 Å². The zero-order chi connectivity index (χ0) is 28.8. The maximum atomic E-state index is 12.9. The summed E-state index contributed by atoms with van der Waals surface area (Å²) in [7, 11) is 0. The normalized spacial score (nSPS) is 10.7. The fourth-order valence-electron chi connectivity index (χ4n) is 4.13. The minimum atomic E-state index is -0.482. The summed E-state index contributed by atoms with van der Waals surface area (Å²) in [4.78, 5) is 36.5. The maximum Gasteiger partial charge on any atom is 0.274 e. The van der Waals surface area contributed by atoms with Gasteiger partial charge in [-0.25, -0.2) is 0 Å². The van der Waals surface area contributed by atoms with Crippen molar-refractivity contribution in [3.8, 4) is 17.1 Å². The van der Waals surface area contributed by atoms with Crippen LogP contribution in [0.1, 0.15) is 15.9 Å². The first-order valence-electron chi connectivity index (χ1n) is 12.5. The molecule has 0 fully saturated rings. The molecule has 0 radical (unpaired) electrons. The lowest BCUT2D eigenvalue weighted by Gasteiger charge is -2.14. The van der Waals surface area contributed by atoms with E-state index < -0.39 is 4.92 Å². The van der Waals surface area contributed by atoms with Crippen LogP contribution >= 0.6 is 11.8 Å². The van der Waals surface area contributed by atoms with E-state index in [4.69, 9.17) is 0 Å². The largest absolute Gasteiger partial charge is 0.325 e. The monoisotopic (exact) mass is 564 g/mol. The zero-order valence-electron chi connectivity index (χ0n) is 21.9. The summed E-state index contributed by atoms with van der Waals surface area (Å²) >= 11 is 1.17. The summed E-state index contributed by atoms with van der Waals surface area (Å²) < 4.78 is 1.82. The molecular formula is C30H24N6O4S. The first-order valence-corrected chi connectivity index (χ1v) is 13.5. The van der Waals surface area contributed by atoms with Gasteiger partial charge in [0.1, 0.15) is 0 Å². The highest BCUT2D eigenvalue weighted by Crippen LogP contribution is 2.32. The number of amides is 2. The van der Waals surface area contributed by atoms with Gasteiger partial charge in [0, 0.05) is 34.1 Å². The molecule has 0 saturated heterocycles. The summed E-state index contributed by atoms with van der Waals surface area (Å²) in [5.41, 5.74) is 3.27. The molecule has 2 amide bonds. The first kappa shape index (κ1) is 27.3. The summed E-state index contributed by atoms with van der Waals surface area (Å²) in [6.45, 7) is 1.64. The van der Waals surface area contributed by atoms with Crippen LogP contribution in [0.5, 0.6) is 0 Å². The third-order valence-electron chi connectivity index (χ3n) is 6.12. The number of anilines is 2. The number of carbonyl (C=O) groups excluding carboxylic acids is 2. The number of nitrogens with one attached hydrogen (secondary N) is 2. The number of benzene rings is 4. The standard InChI is InChI=1S/C30H24N6O4S/c1-20-16-17-22(18-26(20)36(39)40)31-27(37)19-41-30-34-33-28(35(30)23-12-6-3-7-13-23)24-14-8-9-15-25(24)32-29(38)21-10-4-2-5-11-21/h2-18H,19H2,1H3,(H,31,37)(H,32,38). The maximum absolute atomic E-state index is 12.9. The number of nitrogens with zero attached hydrogens (tertiary/aromatic N) is 4. The molecule has 10 nitrogen and oxygen atoms in total. The fraction of sp³-hybridized carbons (Fsp3) is 0.0667. The Balaban J connectivity index is 1.42. The summed E-state index contributed by atoms with van der Waals surface area (Å²) in [6, 6.07) is 30.2. The average Bonchev–Trinajstić information content (AvgIpc) is 3.42. The van der Waals surface area contributed by atoms with Gasteiger partial charge in [-0.3, -0.25) is 24.3 Å². The van der Waals surface area contributed by atoms with E-state index in [1.807, 2.05) is 59.2 Å². The van der Waals surface area contributed by atoms with E-state index >= 15 is 0 Å². The van der Waals surface area contributed by atoms with E-state index in [1.54, 1.807) is 49.4 Å². The van der Waals surface area contributed by atoms with Crippen LogP contribution in [0.4, 0.5) is 17.1 Å². The van der Waals surface area contributed by atoms with Crippen molar-refractivity contribution in [1.82, 2.24) is 14.8 Å². The van der Waals surface area contributed by atoms with Crippen molar-refractivity contribution in [1.29, 1.82) is 0 Å². The Labute approximate surface area is 239 Å². The third-order valence-corrected chi connectivity index (χ3v) is 7.05. The van der Waals surface area contributed by atoms with Crippen molar-refractivity contribution in [2.45, 2.75) is 12.1 Å². The molecule has 0 atom stereocenters. The van der Waals surface area contributed by atoms with Gasteiger partial charge in [0.15, 0.2) is 11.0 Å². The van der Waals surface area contributed by atoms with Crippen molar-refractivity contribution in [3.05, 3.63) is 124 Å². The molecule has 0 aliphatic rings. The minimum Gasteiger partial charge on any atom is -0.325 e. The molecule has 0 aliphatic carbocycles. The summed E-state index contributed by atoms with van der Waals surface area (Å²) in [5, 5.41) is 26.2. The second kappa shape index (κ2) is 12.3. The van der Waals surface area contributed by atoms with Gasteiger partial charge in [-0.05, 0) is 49.4 Å². The minimum absolute atomic E-state index is 0.0149. The number of hydrogen-bond donors (Lipinski definition) is 2. The number of thioether (sulfide) groups is 1. The molecule has 1 heterocycles. The fourth-order valence-corrected chi connectivity index (χ4v) is 4.88. The summed E-state index contributed by atoms with van der Waals surface area (Å²) in [5.74, 6) is -0.143. The quantitative estimate of drug-likeness (QED) is 0.125. The highest BCUT2D eigenvalue weighted by Gasteiger charge is 2.21. The van der Waals surface area contributed by atoms with Crippen LogP contribution in [0.2, 0.25) is 0 Å². The molecule has 204 valence electrons. The predicted molar refractivity (Wildman–Crippen MR) is 158 cm³/mol. The topological polar surface area (TPSA) is 132 Å². The van der Waals surface area contributed by atoms with Gasteiger partial charge in [-0.15, -0.1) is 10.2 Å². The van der Waals surface area contributed by atoms with Crippen LogP contribution < -0.4 is 10.6 Å². The molecule has 2 N–H and O–H groups in total. The van der Waals surface area contributed by atoms with Crippen molar-refractivity contribution in [2.24, 2.45) is 0 Å². The number of aryl methyl sites for hydroxylation is 1. The molecule has 5 aromatic rings. The Kier molecular flexibility index (Phi) is 8.16. The molecule has 0 aliphatic heterocycles. The SMILES string of the molecule is Cc1ccc(NC(=O)CSc2nnc(-c3ccccc3NC(=O)c3ccccc3)n2-c2ccccc2)cc1[N+](=O)[O-]. The molecule has 0 spiro atoms. The van der Waals surface area contributed by atoms with Crippen LogP contribution in [-0.4, -0.2) is 37.3 Å². The third kappa shape index (κ3) is 6.31. The Morgan fingerprint density at radius 2 is 1.56 bits per heavy atom. The highest BCUT2D eigenvalue weighted by molar-refractivity contribution is 7.99. The van der Waals surface area contributed by atoms with Crippen LogP contribution in [0.3, 0.4) is 0 Å². The second-order valence-corrected chi connectivity index (χ2v) is 9.88. The molecule has 1 aromatic heterocycles. The van der Waals surface area contributed by atoms with E-state index in [2.05, 4.69) is 20.8 Å². The number of nitro groups is 1. The van der Waals surface area contributed by atoms with Gasteiger partial charge in [-0.2, -0.15) is 0 Å². The Bertz CT molecular complexity index is 1720. The van der Waals surface area contributed by atoms with E-state index in [1.165, 1.54) is 17.8 Å². The van der Waals surface area contributed by atoms with Crippen LogP contribution in [-0.2, 0) is 4.79 Å². The lowest BCUT2D eigenvalue weighted by Crippen LogP contribution is -2.15. The van der Waals surface area contributed by atoms with Crippen molar-refractivity contribution in [3.63, 3.8) is 0 Å². The van der Waals surface area contributed by atoms with Gasteiger partial charge >= 0.3 is 0 Å². The average molecular weight is 565 g/mol. The van der Waals surface area contributed by atoms with Gasteiger partial charge in [0.2, 0.25) is 5.91 Å². The summed E-state index contributed by atoms with van der Waals surface area (Å²) in [6.07, 6.45) is 0. The van der Waals surface area contributed by atoms with Crippen LogP contribution in [0.25, 0.3) is 17.1 Å². The zero-order valence-corrected chi connectivity index (χ0v) is 22.7. The molecule has 0 unspecified atom stereocenters. The molecule has 41 heavy (non-hydrogen) atoms. The van der Waals surface area contributed by atoms with Crippen molar-refractivity contribution in [2.75, 3.05) is 16.4 Å². The lowest BCUT2D eigenvalue weighted by atomic mass is 10.1. The molecule has 0 bridgehead atoms. The van der Waals surface area contributed by atoms with Gasteiger partial charge in [0.05, 0.1) is 16.4 Å². The van der Waals surface area contributed by atoms with Gasteiger partial charge in [0.25, 0.3) is 11.6 Å². The molecule has 11 heteroatoms. The van der Waals surface area contributed by atoms with E-state index in [-0.39, 0.29) is 23.3 Å². The van der Waals surface area contributed by atoms with E-state index in [9.17, 15) is 19.7 Å². The lowest BCUT2D eigenvalue weighted by molar-refractivity contribution is -0.385.